The quantitative estimate of drug-likeness (QED) is 0.530. The Labute approximate surface area is 205 Å². The maximum Gasteiger partial charge on any atom is 0.414 e. The molecule has 1 aromatic heterocycles. The van der Waals surface area contributed by atoms with Gasteiger partial charge < -0.3 is 25.0 Å². The molecule has 0 spiro atoms. The van der Waals surface area contributed by atoms with Gasteiger partial charge in [0, 0.05) is 16.7 Å². The molecule has 2 fully saturated rings. The van der Waals surface area contributed by atoms with Crippen LogP contribution in [-0.4, -0.2) is 43.2 Å². The average Bonchev–Trinajstić information content (AvgIpc) is 3.00. The minimum atomic E-state index is -1.01. The van der Waals surface area contributed by atoms with Crippen molar-refractivity contribution in [1.82, 2.24) is 5.32 Å². The monoisotopic (exact) mass is 585 g/mol. The third-order valence-electron chi connectivity index (χ3n) is 5.44. The minimum absolute atomic E-state index is 0.00566. The van der Waals surface area contributed by atoms with Gasteiger partial charge in [0.15, 0.2) is 5.06 Å². The Kier molecular flexibility index (Phi) is 7.18. The minimum Gasteiger partial charge on any atom is -0.399 e. The number of benzene rings is 1. The molecule has 2 aliphatic rings. The van der Waals surface area contributed by atoms with E-state index in [1.165, 1.54) is 11.3 Å². The summed E-state index contributed by atoms with van der Waals surface area (Å²) in [6.07, 6.45) is 1.57. The van der Waals surface area contributed by atoms with Gasteiger partial charge in [0.2, 0.25) is 11.8 Å². The highest BCUT2D eigenvalue weighted by atomic mass is 79.9. The van der Waals surface area contributed by atoms with Crippen LogP contribution in [0.3, 0.4) is 0 Å². The van der Waals surface area contributed by atoms with Crippen LogP contribution in [0.4, 0.5) is 16.2 Å². The van der Waals surface area contributed by atoms with Crippen LogP contribution in [0.15, 0.2) is 38.6 Å². The highest BCUT2D eigenvalue weighted by molar-refractivity contribution is 9.11. The van der Waals surface area contributed by atoms with Gasteiger partial charge in [-0.1, -0.05) is 11.3 Å². The van der Waals surface area contributed by atoms with Crippen molar-refractivity contribution in [3.8, 4) is 5.06 Å². The van der Waals surface area contributed by atoms with Gasteiger partial charge in [0.1, 0.15) is 5.54 Å². The number of amides is 3. The maximum absolute atomic E-state index is 13.0. The molecule has 0 radical (unpaired) electrons. The van der Waals surface area contributed by atoms with Crippen molar-refractivity contribution in [3.63, 3.8) is 0 Å². The fraction of sp³-hybridized carbons (Fsp3) is 0.381. The van der Waals surface area contributed by atoms with Gasteiger partial charge >= 0.3 is 6.09 Å². The van der Waals surface area contributed by atoms with Crippen molar-refractivity contribution in [1.29, 1.82) is 0 Å². The van der Waals surface area contributed by atoms with E-state index in [0.717, 1.165) is 15.9 Å². The molecule has 2 aromatic rings. The van der Waals surface area contributed by atoms with E-state index in [1.54, 1.807) is 35.2 Å². The van der Waals surface area contributed by atoms with Crippen molar-refractivity contribution < 1.29 is 23.9 Å². The van der Waals surface area contributed by atoms with Crippen LogP contribution < -0.4 is 20.3 Å². The smallest absolute Gasteiger partial charge is 0.399 e. The summed E-state index contributed by atoms with van der Waals surface area (Å²) < 4.78 is 12.2. The van der Waals surface area contributed by atoms with Crippen molar-refractivity contribution in [3.05, 3.63) is 38.6 Å². The number of anilines is 2. The lowest BCUT2D eigenvalue weighted by molar-refractivity contribution is -0.125. The summed E-state index contributed by atoms with van der Waals surface area (Å²) in [7, 11) is 0. The zero-order valence-electron chi connectivity index (χ0n) is 17.0. The first-order chi connectivity index (χ1) is 15.4. The van der Waals surface area contributed by atoms with E-state index in [9.17, 15) is 14.4 Å². The summed E-state index contributed by atoms with van der Waals surface area (Å²) >= 11 is 8.12. The molecular formula is C21H21Br2N3O5S. The first-order valence-corrected chi connectivity index (χ1v) is 12.5. The SMILES string of the molecule is O=C(NC1(C(=O)Nc2ccc(N3CCOCCC3=O)c(Br)c2)CCC1)Oc1ccc(Br)s1. The molecule has 8 nitrogen and oxygen atoms in total. The number of carbonyl (C=O) groups excluding carboxylic acids is 3. The van der Waals surface area contributed by atoms with Crippen molar-refractivity contribution in [2.45, 2.75) is 31.2 Å². The first-order valence-electron chi connectivity index (χ1n) is 10.1. The molecule has 0 atom stereocenters. The predicted molar refractivity (Wildman–Crippen MR) is 128 cm³/mol. The van der Waals surface area contributed by atoms with E-state index in [0.29, 0.717) is 54.2 Å². The summed E-state index contributed by atoms with van der Waals surface area (Å²) in [5, 5.41) is 6.06. The number of hydrogen-bond donors (Lipinski definition) is 2. The Morgan fingerprint density at radius 3 is 2.62 bits per heavy atom. The zero-order valence-corrected chi connectivity index (χ0v) is 21.0. The number of halogens is 2. The van der Waals surface area contributed by atoms with Crippen LogP contribution >= 0.6 is 43.2 Å². The highest BCUT2D eigenvalue weighted by Gasteiger charge is 2.46. The summed E-state index contributed by atoms with van der Waals surface area (Å²) in [6.45, 7) is 1.37. The first kappa shape index (κ1) is 23.2. The Hall–Kier alpha value is -1.95. The van der Waals surface area contributed by atoms with E-state index in [1.807, 2.05) is 0 Å². The second-order valence-corrected chi connectivity index (χ2v) is 10.8. The Balaban J connectivity index is 1.42. The van der Waals surface area contributed by atoms with Gasteiger partial charge in [0.05, 0.1) is 29.1 Å². The largest absolute Gasteiger partial charge is 0.414 e. The molecule has 170 valence electrons. The molecule has 1 saturated heterocycles. The molecule has 1 aliphatic carbocycles. The van der Waals surface area contributed by atoms with Gasteiger partial charge in [-0.05, 0) is 81.5 Å². The van der Waals surface area contributed by atoms with Crippen LogP contribution in [0.5, 0.6) is 5.06 Å². The van der Waals surface area contributed by atoms with Crippen LogP contribution in [0.25, 0.3) is 0 Å². The second-order valence-electron chi connectivity index (χ2n) is 7.54. The molecule has 4 rings (SSSR count). The molecule has 2 heterocycles. The number of carbonyl (C=O) groups is 3. The van der Waals surface area contributed by atoms with E-state index in [4.69, 9.17) is 9.47 Å². The molecule has 32 heavy (non-hydrogen) atoms. The van der Waals surface area contributed by atoms with Crippen molar-refractivity contribution >= 4 is 72.5 Å². The standard InChI is InChI=1S/C21H21Br2N3O5S/c22-14-12-13(2-3-15(14)26-9-11-30-10-6-17(26)27)24-19(28)21(7-1-8-21)25-20(29)31-18-5-4-16(23)32-18/h2-5,12H,1,6-11H2,(H,24,28)(H,25,29). The summed E-state index contributed by atoms with van der Waals surface area (Å²) in [5.41, 5.74) is 0.280. The maximum atomic E-state index is 13.0. The lowest BCUT2D eigenvalue weighted by Gasteiger charge is -2.40. The van der Waals surface area contributed by atoms with Crippen LogP contribution in [-0.2, 0) is 14.3 Å². The van der Waals surface area contributed by atoms with Crippen molar-refractivity contribution in [2.75, 3.05) is 30.0 Å². The Bertz CT molecular complexity index is 1040. The molecule has 1 saturated carbocycles. The highest BCUT2D eigenvalue weighted by Crippen LogP contribution is 2.35. The summed E-state index contributed by atoms with van der Waals surface area (Å²) in [4.78, 5) is 39.4. The predicted octanol–water partition coefficient (Wildman–Crippen LogP) is 4.68. The second kappa shape index (κ2) is 9.90. The van der Waals surface area contributed by atoms with E-state index in [2.05, 4.69) is 42.5 Å². The van der Waals surface area contributed by atoms with E-state index >= 15 is 0 Å². The van der Waals surface area contributed by atoms with Crippen LogP contribution in [0, 0.1) is 0 Å². The Morgan fingerprint density at radius 1 is 1.16 bits per heavy atom. The third-order valence-corrected chi connectivity index (χ3v) is 7.58. The normalized spacial score (nSPS) is 17.8. The topological polar surface area (TPSA) is 97.0 Å². The van der Waals surface area contributed by atoms with Gasteiger partial charge in [0.25, 0.3) is 0 Å². The van der Waals surface area contributed by atoms with Gasteiger partial charge in [-0.25, -0.2) is 4.79 Å². The molecular weight excluding hydrogens is 566 g/mol. The van der Waals surface area contributed by atoms with Crippen molar-refractivity contribution in [2.24, 2.45) is 0 Å². The van der Waals surface area contributed by atoms with Gasteiger partial charge in [-0.3, -0.25) is 9.59 Å². The summed E-state index contributed by atoms with van der Waals surface area (Å²) in [6, 6.07) is 8.74. The zero-order chi connectivity index (χ0) is 22.7. The van der Waals surface area contributed by atoms with Gasteiger partial charge in [-0.15, -0.1) is 0 Å². The molecule has 0 unspecified atom stereocenters. The molecule has 11 heteroatoms. The molecule has 0 bridgehead atoms. The third kappa shape index (κ3) is 5.16. The number of rotatable bonds is 5. The van der Waals surface area contributed by atoms with E-state index in [-0.39, 0.29) is 11.8 Å². The molecule has 3 amide bonds. The average molecular weight is 587 g/mol. The number of nitrogens with zero attached hydrogens (tertiary/aromatic N) is 1. The number of ether oxygens (including phenoxy) is 2. The number of hydrogen-bond acceptors (Lipinski definition) is 6. The lowest BCUT2D eigenvalue weighted by atomic mass is 9.76. The van der Waals surface area contributed by atoms with Crippen LogP contribution in [0.1, 0.15) is 25.7 Å². The fourth-order valence-corrected chi connectivity index (χ4v) is 5.38. The molecule has 1 aromatic carbocycles. The fourth-order valence-electron chi connectivity index (χ4n) is 3.59. The van der Waals surface area contributed by atoms with Gasteiger partial charge in [-0.2, -0.15) is 0 Å². The van der Waals surface area contributed by atoms with Crippen LogP contribution in [0.2, 0.25) is 0 Å². The number of nitrogens with one attached hydrogen (secondary N) is 2. The summed E-state index contributed by atoms with van der Waals surface area (Å²) in [5.74, 6) is -0.305. The molecule has 2 N–H and O–H groups in total. The Morgan fingerprint density at radius 2 is 1.97 bits per heavy atom. The number of thiophene rings is 1. The van der Waals surface area contributed by atoms with E-state index < -0.39 is 11.6 Å². The lowest BCUT2D eigenvalue weighted by Crippen LogP contribution is -2.61. The molecule has 1 aliphatic heterocycles.